The van der Waals surface area contributed by atoms with Gasteiger partial charge in [-0.05, 0) is 12.1 Å². The van der Waals surface area contributed by atoms with Crippen LogP contribution in [-0.4, -0.2) is 17.4 Å². The van der Waals surface area contributed by atoms with Gasteiger partial charge in [0.1, 0.15) is 10.1 Å². The number of benzene rings is 2. The van der Waals surface area contributed by atoms with Crippen LogP contribution >= 0.6 is 0 Å². The van der Waals surface area contributed by atoms with Crippen molar-refractivity contribution in [3.05, 3.63) is 63.0 Å². The van der Waals surface area contributed by atoms with Gasteiger partial charge in [-0.15, -0.1) is 0 Å². The third-order valence-corrected chi connectivity index (χ3v) is 10.8. The molecule has 2 aromatic rings. The van der Waals surface area contributed by atoms with E-state index in [9.17, 15) is 37.6 Å². The molecule has 0 N–H and O–H groups in total. The number of hydrogen-bond acceptors (Lipinski definition) is 3. The first-order chi connectivity index (χ1) is 12.4. The van der Waals surface area contributed by atoms with E-state index in [1.165, 1.54) is 24.3 Å². The summed E-state index contributed by atoms with van der Waals surface area (Å²) in [6, 6.07) is 7.35. The van der Waals surface area contributed by atoms with Crippen molar-refractivity contribution in [2.24, 2.45) is 0 Å². The predicted molar refractivity (Wildman–Crippen MR) is 83.7 cm³/mol. The minimum atomic E-state index is -9.98. The molecule has 0 aliphatic heterocycles. The predicted octanol–water partition coefficient (Wildman–Crippen LogP) is 2.35. The van der Waals surface area contributed by atoms with Crippen molar-refractivity contribution in [1.29, 1.82) is 0 Å². The fraction of sp³-hybridized carbons (Fsp3) is 0.250. The molecule has 0 aliphatic rings. The summed E-state index contributed by atoms with van der Waals surface area (Å²) in [5.74, 6) is -6.46. The number of rotatable bonds is 4. The maximum absolute atomic E-state index is 13.6. The molecule has 0 aliphatic carbocycles. The zero-order valence-corrected chi connectivity index (χ0v) is 17.5. The van der Waals surface area contributed by atoms with Gasteiger partial charge in [-0.25, -0.2) is 8.42 Å². The normalized spacial score (nSPS) is 14.5. The molecule has 0 aromatic heterocycles. The summed E-state index contributed by atoms with van der Waals surface area (Å²) in [7, 11) is -4.25. The second kappa shape index (κ2) is 7.44. The Labute approximate surface area is 158 Å². The standard InChI is InChI=1S/C10H11F7I.C6H6O3S/c1-3-4-18(14,15,16,17)10-7(11)5-6(2)8(12)9(10)13;7-10(8,9)6-4-2-1-3-5-6/h5H,3-4H2,1-2H3;1-5H,(H,7,8,9)/q+1;/p-1. The Morgan fingerprint density at radius 1 is 0.964 bits per heavy atom. The van der Waals surface area contributed by atoms with E-state index in [4.69, 9.17) is 0 Å². The maximum atomic E-state index is 13.6. The van der Waals surface area contributed by atoms with Gasteiger partial charge in [0.15, 0.2) is 0 Å². The van der Waals surface area contributed by atoms with Crippen molar-refractivity contribution >= 4 is 10.1 Å². The molecular formula is C16H16F7IO3S. The third kappa shape index (κ3) is 5.80. The topological polar surface area (TPSA) is 57.2 Å². The minimum Gasteiger partial charge on any atom is -0.744 e. The maximum Gasteiger partial charge on any atom is 0.124 e. The first kappa shape index (κ1) is 24.6. The molecule has 160 valence electrons. The fourth-order valence-electron chi connectivity index (χ4n) is 2.14. The van der Waals surface area contributed by atoms with E-state index in [1.54, 1.807) is 6.07 Å². The van der Waals surface area contributed by atoms with Crippen LogP contribution in [0.2, 0.25) is 0 Å². The zero-order valence-electron chi connectivity index (χ0n) is 14.5. The Morgan fingerprint density at radius 2 is 1.46 bits per heavy atom. The number of aryl methyl sites for hydroxylation is 1. The summed E-state index contributed by atoms with van der Waals surface area (Å²) in [6.45, 7) is 1.92. The molecule has 0 fully saturated rings. The van der Waals surface area contributed by atoms with Crippen LogP contribution in [0.4, 0.5) is 24.6 Å². The van der Waals surface area contributed by atoms with Gasteiger partial charge in [-0.3, -0.25) is 0 Å². The van der Waals surface area contributed by atoms with E-state index in [-0.39, 0.29) is 11.0 Å². The molecule has 0 spiro atoms. The van der Waals surface area contributed by atoms with Gasteiger partial charge in [-0.2, -0.15) is 0 Å². The van der Waals surface area contributed by atoms with Crippen molar-refractivity contribution in [1.82, 2.24) is 0 Å². The van der Waals surface area contributed by atoms with E-state index < -0.39 is 65.5 Å². The van der Waals surface area contributed by atoms with Crippen LogP contribution in [0.1, 0.15) is 18.9 Å². The van der Waals surface area contributed by atoms with Gasteiger partial charge in [0.25, 0.3) is 0 Å². The Hall–Kier alpha value is -1.41. The Balaban J connectivity index is 0.000000330. The number of hydrogen-bond donors (Lipinski definition) is 0. The molecule has 0 saturated heterocycles. The van der Waals surface area contributed by atoms with Crippen LogP contribution in [0, 0.1) is 27.9 Å². The molecule has 0 saturated carbocycles. The van der Waals surface area contributed by atoms with Gasteiger partial charge in [0, 0.05) is 0 Å². The summed E-state index contributed by atoms with van der Waals surface area (Å²) in [5.41, 5.74) is -0.644. The van der Waals surface area contributed by atoms with Crippen LogP contribution in [-0.2, 0) is 10.1 Å². The van der Waals surface area contributed by atoms with Crippen molar-refractivity contribution in [2.75, 3.05) is 4.43 Å². The molecule has 0 heterocycles. The Kier molecular flexibility index (Phi) is 6.55. The molecule has 28 heavy (non-hydrogen) atoms. The average Bonchev–Trinajstić information content (AvgIpc) is 2.51. The molecule has 2 aromatic carbocycles. The van der Waals surface area contributed by atoms with Gasteiger partial charge in [0.05, 0.1) is 4.90 Å². The Bertz CT molecular complexity index is 974. The summed E-state index contributed by atoms with van der Waals surface area (Å²) in [5, 5.41) is 0. The van der Waals surface area contributed by atoms with Crippen LogP contribution < -0.4 is 18.0 Å². The molecule has 0 amide bonds. The second-order valence-corrected chi connectivity index (χ2v) is 15.8. The van der Waals surface area contributed by atoms with Gasteiger partial charge in [-0.1, -0.05) is 18.2 Å². The molecule has 0 atom stereocenters. The van der Waals surface area contributed by atoms with E-state index >= 15 is 0 Å². The summed E-state index contributed by atoms with van der Waals surface area (Å²) >= 11 is -9.98. The Morgan fingerprint density at radius 3 is 1.86 bits per heavy atom. The molecule has 12 heteroatoms. The average molecular weight is 548 g/mol. The van der Waals surface area contributed by atoms with E-state index in [1.807, 2.05) is 0 Å². The molecule has 0 unspecified atom stereocenters. The SMILES string of the molecule is CCC[I+](F)(F)(F)(F)c1c(F)cc(C)c(F)c1F.O=S(=O)([O-])c1ccccc1. The van der Waals surface area contributed by atoms with E-state index in [2.05, 4.69) is 0 Å². The minimum absolute atomic E-state index is 0.157. The van der Waals surface area contributed by atoms with Gasteiger partial charge >= 0.3 is 99.9 Å². The molecule has 2 rings (SSSR count). The quantitative estimate of drug-likeness (QED) is 0.147. The largest absolute Gasteiger partial charge is 0.744 e. The molecular weight excluding hydrogens is 532 g/mol. The zero-order chi connectivity index (χ0) is 22.0. The van der Waals surface area contributed by atoms with E-state index in [0.29, 0.717) is 0 Å². The molecule has 0 radical (unpaired) electrons. The van der Waals surface area contributed by atoms with Crippen molar-refractivity contribution < 1.29 is 55.5 Å². The first-order valence-corrected chi connectivity index (χ1v) is 14.8. The van der Waals surface area contributed by atoms with Gasteiger partial charge in [0.2, 0.25) is 0 Å². The second-order valence-electron chi connectivity index (χ2n) is 5.72. The number of halogens is 8. The first-order valence-electron chi connectivity index (χ1n) is 7.49. The molecule has 0 bridgehead atoms. The van der Waals surface area contributed by atoms with Crippen LogP contribution in [0.15, 0.2) is 41.3 Å². The third-order valence-electron chi connectivity index (χ3n) is 3.30. The van der Waals surface area contributed by atoms with Crippen LogP contribution in [0.3, 0.4) is 0 Å². The monoisotopic (exact) mass is 548 g/mol. The fourth-order valence-corrected chi connectivity index (χ4v) is 7.92. The van der Waals surface area contributed by atoms with Crippen LogP contribution in [0.25, 0.3) is 0 Å². The van der Waals surface area contributed by atoms with E-state index in [0.717, 1.165) is 13.8 Å². The summed E-state index contributed by atoms with van der Waals surface area (Å²) in [6.07, 6.45) is -0.670. The smallest absolute Gasteiger partial charge is 0.124 e. The van der Waals surface area contributed by atoms with Crippen molar-refractivity contribution in [2.45, 2.75) is 25.2 Å². The van der Waals surface area contributed by atoms with Gasteiger partial charge < -0.3 is 4.55 Å². The molecule has 3 nitrogen and oxygen atoms in total. The summed E-state index contributed by atoms with van der Waals surface area (Å²) < 4.78 is 120. The van der Waals surface area contributed by atoms with Crippen LogP contribution in [0.5, 0.6) is 0 Å². The number of alkyl halides is 1. The van der Waals surface area contributed by atoms with Crippen molar-refractivity contribution in [3.63, 3.8) is 0 Å². The summed E-state index contributed by atoms with van der Waals surface area (Å²) in [4.78, 5) is -0.185. The van der Waals surface area contributed by atoms with Crippen molar-refractivity contribution in [3.8, 4) is 0 Å².